The highest BCUT2D eigenvalue weighted by Gasteiger charge is 2.37. The highest BCUT2D eigenvalue weighted by molar-refractivity contribution is 8.00. The Bertz CT molecular complexity index is 931. The molecule has 0 spiro atoms. The van der Waals surface area contributed by atoms with E-state index in [-0.39, 0.29) is 22.4 Å². The van der Waals surface area contributed by atoms with Crippen molar-refractivity contribution in [3.63, 3.8) is 0 Å². The molecule has 2 aromatic rings. The second-order valence-corrected chi connectivity index (χ2v) is 9.86. The predicted octanol–water partition coefficient (Wildman–Crippen LogP) is 5.66. The van der Waals surface area contributed by atoms with E-state index in [0.717, 1.165) is 24.2 Å². The molecule has 168 valence electrons. The number of amides is 1. The average molecular weight is 453 g/mol. The van der Waals surface area contributed by atoms with Crippen molar-refractivity contribution in [1.82, 2.24) is 9.80 Å². The predicted molar refractivity (Wildman–Crippen MR) is 117 cm³/mol. The molecule has 1 atom stereocenters. The van der Waals surface area contributed by atoms with Crippen LogP contribution < -0.4 is 4.74 Å². The Hall–Kier alpha value is -2.19. The molecule has 0 bridgehead atoms. The van der Waals surface area contributed by atoms with Crippen LogP contribution in [0, 0.1) is 5.41 Å². The molecule has 1 amide bonds. The third kappa shape index (κ3) is 6.17. The van der Waals surface area contributed by atoms with Crippen LogP contribution in [0.25, 0.3) is 0 Å². The summed E-state index contributed by atoms with van der Waals surface area (Å²) in [5.41, 5.74) is 0.0439. The molecular formula is C23H27F3N2O2S. The number of carbonyl (C=O) groups excluding carboxylic acids is 1. The number of rotatable bonds is 7. The molecule has 8 heteroatoms. The Morgan fingerprint density at radius 3 is 2.39 bits per heavy atom. The van der Waals surface area contributed by atoms with Crippen molar-refractivity contribution >= 4 is 17.7 Å². The zero-order chi connectivity index (χ0) is 22.8. The Morgan fingerprint density at radius 2 is 1.74 bits per heavy atom. The van der Waals surface area contributed by atoms with Gasteiger partial charge in [0.1, 0.15) is 16.9 Å². The number of ether oxygens (including phenoxy) is 1. The van der Waals surface area contributed by atoms with Crippen LogP contribution in [-0.2, 0) is 11.0 Å². The maximum absolute atomic E-state index is 13.0. The first-order valence-electron chi connectivity index (χ1n) is 9.95. The van der Waals surface area contributed by atoms with E-state index in [4.69, 9.17) is 4.74 Å². The number of benzene rings is 2. The smallest absolute Gasteiger partial charge is 0.416 e. The van der Waals surface area contributed by atoms with E-state index in [1.807, 2.05) is 25.1 Å². The fraction of sp³-hybridized carbons (Fsp3) is 0.435. The minimum atomic E-state index is -4.43. The number of hydrogen-bond donors (Lipinski definition) is 0. The van der Waals surface area contributed by atoms with E-state index in [2.05, 4.69) is 18.7 Å². The third-order valence-corrected chi connectivity index (χ3v) is 6.11. The number of carbonyl (C=O) groups is 1. The van der Waals surface area contributed by atoms with Crippen molar-refractivity contribution in [2.75, 3.05) is 32.9 Å². The molecular weight excluding hydrogens is 425 g/mol. The average Bonchev–Trinajstić information content (AvgIpc) is 3.00. The maximum atomic E-state index is 13.0. The van der Waals surface area contributed by atoms with E-state index in [0.29, 0.717) is 18.0 Å². The molecule has 3 rings (SSSR count). The molecule has 0 aliphatic carbocycles. The lowest BCUT2D eigenvalue weighted by atomic mass is 9.92. The van der Waals surface area contributed by atoms with Crippen LogP contribution in [0.3, 0.4) is 0 Å². The van der Waals surface area contributed by atoms with Gasteiger partial charge in [-0.15, -0.1) is 11.8 Å². The van der Waals surface area contributed by atoms with Crippen molar-refractivity contribution in [2.24, 2.45) is 5.41 Å². The molecule has 0 radical (unpaired) electrons. The van der Waals surface area contributed by atoms with E-state index in [1.165, 1.54) is 12.1 Å². The number of alkyl halides is 3. The Kier molecular flexibility index (Phi) is 6.91. The first-order chi connectivity index (χ1) is 14.4. The molecule has 1 saturated heterocycles. The number of nitrogens with zero attached hydrogens (tertiary/aromatic N) is 2. The van der Waals surface area contributed by atoms with Crippen molar-refractivity contribution in [3.05, 3.63) is 59.7 Å². The van der Waals surface area contributed by atoms with Crippen LogP contribution in [0.1, 0.15) is 30.3 Å². The molecule has 0 saturated carbocycles. The molecule has 0 aromatic heterocycles. The first kappa shape index (κ1) is 23.5. The van der Waals surface area contributed by atoms with E-state index < -0.39 is 11.7 Å². The van der Waals surface area contributed by atoms with Gasteiger partial charge >= 0.3 is 6.18 Å². The van der Waals surface area contributed by atoms with Gasteiger partial charge < -0.3 is 14.5 Å². The van der Waals surface area contributed by atoms with Gasteiger partial charge in [-0.3, -0.25) is 4.79 Å². The van der Waals surface area contributed by atoms with E-state index in [1.54, 1.807) is 30.0 Å². The summed E-state index contributed by atoms with van der Waals surface area (Å²) >= 11 is 1.55. The lowest BCUT2D eigenvalue weighted by Crippen LogP contribution is -2.41. The summed E-state index contributed by atoms with van der Waals surface area (Å²) in [5.74, 6) is 1.04. The largest absolute Gasteiger partial charge is 0.457 e. The lowest BCUT2D eigenvalue weighted by Gasteiger charge is -2.35. The topological polar surface area (TPSA) is 32.8 Å². The van der Waals surface area contributed by atoms with Crippen LogP contribution in [-0.4, -0.2) is 48.6 Å². The van der Waals surface area contributed by atoms with Crippen molar-refractivity contribution in [3.8, 4) is 11.5 Å². The van der Waals surface area contributed by atoms with E-state index in [9.17, 15) is 18.0 Å². The third-order valence-electron chi connectivity index (χ3n) is 4.85. The minimum absolute atomic E-state index is 0.0888. The fourth-order valence-corrected chi connectivity index (χ4v) is 5.05. The summed E-state index contributed by atoms with van der Waals surface area (Å²) in [6, 6.07) is 12.0. The molecule has 0 N–H and O–H groups in total. The summed E-state index contributed by atoms with van der Waals surface area (Å²) in [6.07, 6.45) is -4.43. The van der Waals surface area contributed by atoms with Crippen molar-refractivity contribution in [1.29, 1.82) is 0 Å². The van der Waals surface area contributed by atoms with Gasteiger partial charge in [-0.05, 0) is 55.4 Å². The van der Waals surface area contributed by atoms with Gasteiger partial charge in [0.15, 0.2) is 0 Å². The van der Waals surface area contributed by atoms with Crippen LogP contribution in [0.4, 0.5) is 13.2 Å². The molecule has 31 heavy (non-hydrogen) atoms. The Balaban J connectivity index is 1.79. The van der Waals surface area contributed by atoms with Crippen LogP contribution in [0.2, 0.25) is 0 Å². The number of hydrogen-bond acceptors (Lipinski definition) is 4. The minimum Gasteiger partial charge on any atom is -0.457 e. The molecule has 4 nitrogen and oxygen atoms in total. The SMILES string of the molecule is CN(C)CC(C)(C)CN1C(=O)CSC1c1cccc(Oc2cccc(C(F)(F)F)c2)c1. The summed E-state index contributed by atoms with van der Waals surface area (Å²) < 4.78 is 44.6. The van der Waals surface area contributed by atoms with Crippen LogP contribution in [0.15, 0.2) is 48.5 Å². The summed E-state index contributed by atoms with van der Waals surface area (Å²) in [7, 11) is 4.02. The molecule has 2 aromatic carbocycles. The fourth-order valence-electron chi connectivity index (χ4n) is 3.87. The van der Waals surface area contributed by atoms with Crippen LogP contribution in [0.5, 0.6) is 11.5 Å². The van der Waals surface area contributed by atoms with Crippen molar-refractivity contribution < 1.29 is 22.7 Å². The maximum Gasteiger partial charge on any atom is 0.416 e. The second kappa shape index (κ2) is 9.12. The van der Waals surface area contributed by atoms with E-state index >= 15 is 0 Å². The van der Waals surface area contributed by atoms with Gasteiger partial charge in [0.05, 0.1) is 11.3 Å². The van der Waals surface area contributed by atoms with Crippen LogP contribution >= 0.6 is 11.8 Å². The summed E-state index contributed by atoms with van der Waals surface area (Å²) in [4.78, 5) is 16.6. The van der Waals surface area contributed by atoms with Gasteiger partial charge in [0.25, 0.3) is 0 Å². The van der Waals surface area contributed by atoms with Gasteiger partial charge in [-0.1, -0.05) is 32.0 Å². The van der Waals surface area contributed by atoms with Crippen molar-refractivity contribution in [2.45, 2.75) is 25.4 Å². The van der Waals surface area contributed by atoms with Gasteiger partial charge in [0.2, 0.25) is 5.91 Å². The first-order valence-corrected chi connectivity index (χ1v) is 11.0. The quantitative estimate of drug-likeness (QED) is 0.543. The number of thioether (sulfide) groups is 1. The highest BCUT2D eigenvalue weighted by atomic mass is 32.2. The Labute approximate surface area is 185 Å². The standard InChI is InChI=1S/C23H27F3N2O2S/c1-22(2,14-27(3)4)15-28-20(29)13-31-21(28)16-7-5-9-18(11-16)30-19-10-6-8-17(12-19)23(24,25)26/h5-12,21H,13-15H2,1-4H3. The molecule has 1 heterocycles. The monoisotopic (exact) mass is 452 g/mol. The summed E-state index contributed by atoms with van der Waals surface area (Å²) in [5, 5.41) is -0.154. The highest BCUT2D eigenvalue weighted by Crippen LogP contribution is 2.42. The summed E-state index contributed by atoms with van der Waals surface area (Å²) in [6.45, 7) is 5.72. The number of halogens is 3. The zero-order valence-electron chi connectivity index (χ0n) is 18.1. The van der Waals surface area contributed by atoms with Gasteiger partial charge in [-0.2, -0.15) is 13.2 Å². The molecule has 1 fully saturated rings. The lowest BCUT2D eigenvalue weighted by molar-refractivity contribution is -0.137. The molecule has 1 aliphatic rings. The zero-order valence-corrected chi connectivity index (χ0v) is 18.9. The molecule has 1 aliphatic heterocycles. The molecule has 1 unspecified atom stereocenters. The second-order valence-electron chi connectivity index (χ2n) is 8.79. The van der Waals surface area contributed by atoms with Gasteiger partial charge in [0, 0.05) is 13.1 Å². The Morgan fingerprint density at radius 1 is 1.10 bits per heavy atom. The van der Waals surface area contributed by atoms with Gasteiger partial charge in [-0.25, -0.2) is 0 Å². The normalized spacial score (nSPS) is 17.5.